The Bertz CT molecular complexity index is 248. The molecule has 0 radical (unpaired) electrons. The molecule has 2 aliphatic carbocycles. The Labute approximate surface area is 104 Å². The van der Waals surface area contributed by atoms with Crippen molar-refractivity contribution in [1.29, 1.82) is 0 Å². The van der Waals surface area contributed by atoms with Gasteiger partial charge in [-0.25, -0.2) is 4.79 Å². The molecule has 0 aliphatic heterocycles. The van der Waals surface area contributed by atoms with Gasteiger partial charge < -0.3 is 15.0 Å². The van der Waals surface area contributed by atoms with Crippen molar-refractivity contribution in [3.05, 3.63) is 0 Å². The van der Waals surface area contributed by atoms with Crippen LogP contribution in [0, 0.1) is 5.92 Å². The fourth-order valence-electron chi connectivity index (χ4n) is 2.19. The summed E-state index contributed by atoms with van der Waals surface area (Å²) in [7, 11) is 1.84. The summed E-state index contributed by atoms with van der Waals surface area (Å²) in [5, 5.41) is 3.07. The number of likely N-dealkylation sites (N-methyl/N-ethyl adjacent to an activating group) is 1. The number of urea groups is 1. The van der Waals surface area contributed by atoms with Crippen molar-refractivity contribution in [2.45, 2.75) is 44.6 Å². The molecule has 0 aromatic rings. The number of hydrogen-bond acceptors (Lipinski definition) is 2. The van der Waals surface area contributed by atoms with E-state index in [4.69, 9.17) is 4.74 Å². The van der Waals surface area contributed by atoms with Crippen LogP contribution in [0.25, 0.3) is 0 Å². The molecule has 2 aliphatic rings. The van der Waals surface area contributed by atoms with Gasteiger partial charge in [-0.05, 0) is 31.6 Å². The van der Waals surface area contributed by atoms with Crippen molar-refractivity contribution in [3.63, 3.8) is 0 Å². The molecule has 4 nitrogen and oxygen atoms in total. The lowest BCUT2D eigenvalue weighted by atomic mass is 10.2. The van der Waals surface area contributed by atoms with E-state index in [2.05, 4.69) is 5.32 Å². The third-order valence-electron chi connectivity index (χ3n) is 3.65. The first-order chi connectivity index (χ1) is 8.25. The summed E-state index contributed by atoms with van der Waals surface area (Å²) in [6.07, 6.45) is 7.41. The maximum Gasteiger partial charge on any atom is 0.317 e. The molecule has 0 atom stereocenters. The monoisotopic (exact) mass is 240 g/mol. The van der Waals surface area contributed by atoms with E-state index in [1.807, 2.05) is 7.05 Å². The van der Waals surface area contributed by atoms with E-state index in [1.54, 1.807) is 4.90 Å². The molecule has 2 saturated carbocycles. The second kappa shape index (κ2) is 6.24. The molecule has 0 aromatic heterocycles. The smallest absolute Gasteiger partial charge is 0.317 e. The van der Waals surface area contributed by atoms with Crippen molar-refractivity contribution >= 4 is 6.03 Å². The molecule has 2 amide bonds. The van der Waals surface area contributed by atoms with Gasteiger partial charge in [-0.3, -0.25) is 0 Å². The standard InChI is InChI=1S/C13H24N2O2/c1-15(8-9-17-10-11-6-7-11)13(16)14-12-4-2-3-5-12/h11-12H,2-10H2,1H3,(H,14,16). The summed E-state index contributed by atoms with van der Waals surface area (Å²) in [6, 6.07) is 0.448. The number of carbonyl (C=O) groups excluding carboxylic acids is 1. The first-order valence-corrected chi connectivity index (χ1v) is 6.85. The Morgan fingerprint density at radius 2 is 2.00 bits per heavy atom. The highest BCUT2D eigenvalue weighted by atomic mass is 16.5. The minimum Gasteiger partial charge on any atom is -0.379 e. The van der Waals surface area contributed by atoms with E-state index in [0.29, 0.717) is 19.2 Å². The Morgan fingerprint density at radius 3 is 2.65 bits per heavy atom. The van der Waals surface area contributed by atoms with Gasteiger partial charge in [0.2, 0.25) is 0 Å². The minimum atomic E-state index is 0.0481. The van der Waals surface area contributed by atoms with Gasteiger partial charge in [0.05, 0.1) is 6.61 Å². The average molecular weight is 240 g/mol. The second-order valence-electron chi connectivity index (χ2n) is 5.37. The van der Waals surface area contributed by atoms with Crippen LogP contribution >= 0.6 is 0 Å². The molecule has 0 saturated heterocycles. The van der Waals surface area contributed by atoms with E-state index >= 15 is 0 Å². The lowest BCUT2D eigenvalue weighted by molar-refractivity contribution is 0.107. The highest BCUT2D eigenvalue weighted by molar-refractivity contribution is 5.74. The van der Waals surface area contributed by atoms with Crippen LogP contribution in [-0.2, 0) is 4.74 Å². The molecule has 2 fully saturated rings. The van der Waals surface area contributed by atoms with Crippen LogP contribution in [0.1, 0.15) is 38.5 Å². The van der Waals surface area contributed by atoms with Gasteiger partial charge in [0, 0.05) is 26.2 Å². The topological polar surface area (TPSA) is 41.6 Å². The maximum absolute atomic E-state index is 11.8. The molecule has 0 aromatic carbocycles. The SMILES string of the molecule is CN(CCOCC1CC1)C(=O)NC1CCCC1. The molecule has 0 unspecified atom stereocenters. The third-order valence-corrected chi connectivity index (χ3v) is 3.65. The molecule has 2 rings (SSSR count). The highest BCUT2D eigenvalue weighted by Crippen LogP contribution is 2.28. The summed E-state index contributed by atoms with van der Waals surface area (Å²) in [5.74, 6) is 0.799. The quantitative estimate of drug-likeness (QED) is 0.721. The van der Waals surface area contributed by atoms with Crippen LogP contribution in [0.3, 0.4) is 0 Å². The molecule has 0 heterocycles. The molecule has 0 bridgehead atoms. The van der Waals surface area contributed by atoms with Crippen LogP contribution in [0.15, 0.2) is 0 Å². The van der Waals surface area contributed by atoms with Crippen molar-refractivity contribution in [3.8, 4) is 0 Å². The number of ether oxygens (including phenoxy) is 1. The molecule has 17 heavy (non-hydrogen) atoms. The minimum absolute atomic E-state index is 0.0481. The zero-order valence-corrected chi connectivity index (χ0v) is 10.8. The summed E-state index contributed by atoms with van der Waals surface area (Å²) in [5.41, 5.74) is 0. The summed E-state index contributed by atoms with van der Waals surface area (Å²) in [6.45, 7) is 2.22. The van der Waals surface area contributed by atoms with E-state index in [0.717, 1.165) is 25.4 Å². The summed E-state index contributed by atoms with van der Waals surface area (Å²) in [4.78, 5) is 13.5. The number of nitrogens with zero attached hydrogens (tertiary/aromatic N) is 1. The van der Waals surface area contributed by atoms with Crippen LogP contribution in [0.5, 0.6) is 0 Å². The highest BCUT2D eigenvalue weighted by Gasteiger charge is 2.21. The number of amides is 2. The predicted octanol–water partition coefficient (Wildman–Crippen LogP) is 2.00. The van der Waals surface area contributed by atoms with Crippen molar-refractivity contribution in [2.24, 2.45) is 5.92 Å². The van der Waals surface area contributed by atoms with E-state index in [9.17, 15) is 4.79 Å². The van der Waals surface area contributed by atoms with Crippen LogP contribution in [0.4, 0.5) is 4.79 Å². The van der Waals surface area contributed by atoms with Gasteiger partial charge in [0.15, 0.2) is 0 Å². The lowest BCUT2D eigenvalue weighted by Crippen LogP contribution is -2.43. The van der Waals surface area contributed by atoms with E-state index in [1.165, 1.54) is 25.7 Å². The van der Waals surface area contributed by atoms with Crippen LogP contribution in [-0.4, -0.2) is 43.8 Å². The van der Waals surface area contributed by atoms with Gasteiger partial charge in [-0.1, -0.05) is 12.8 Å². The maximum atomic E-state index is 11.8. The first-order valence-electron chi connectivity index (χ1n) is 6.85. The van der Waals surface area contributed by atoms with Crippen molar-refractivity contribution in [2.75, 3.05) is 26.8 Å². The number of nitrogens with one attached hydrogen (secondary N) is 1. The van der Waals surface area contributed by atoms with Crippen LogP contribution < -0.4 is 5.32 Å². The number of hydrogen-bond donors (Lipinski definition) is 1. The molecule has 4 heteroatoms. The first kappa shape index (κ1) is 12.7. The fourth-order valence-corrected chi connectivity index (χ4v) is 2.19. The Kier molecular flexibility index (Phi) is 4.66. The Balaban J connectivity index is 1.53. The van der Waals surface area contributed by atoms with E-state index in [-0.39, 0.29) is 6.03 Å². The second-order valence-corrected chi connectivity index (χ2v) is 5.37. The summed E-state index contributed by atoms with van der Waals surface area (Å²) >= 11 is 0. The molecule has 1 N–H and O–H groups in total. The van der Waals surface area contributed by atoms with Crippen LogP contribution in [0.2, 0.25) is 0 Å². The fraction of sp³-hybridized carbons (Fsp3) is 0.923. The van der Waals surface area contributed by atoms with Gasteiger partial charge in [-0.2, -0.15) is 0 Å². The third kappa shape index (κ3) is 4.54. The van der Waals surface area contributed by atoms with Crippen molar-refractivity contribution < 1.29 is 9.53 Å². The van der Waals surface area contributed by atoms with E-state index < -0.39 is 0 Å². The lowest BCUT2D eigenvalue weighted by Gasteiger charge is -2.20. The van der Waals surface area contributed by atoms with Gasteiger partial charge in [0.25, 0.3) is 0 Å². The Morgan fingerprint density at radius 1 is 1.29 bits per heavy atom. The van der Waals surface area contributed by atoms with Gasteiger partial charge in [-0.15, -0.1) is 0 Å². The molecule has 98 valence electrons. The molecular weight excluding hydrogens is 216 g/mol. The zero-order chi connectivity index (χ0) is 12.1. The van der Waals surface area contributed by atoms with Gasteiger partial charge >= 0.3 is 6.03 Å². The van der Waals surface area contributed by atoms with Crippen molar-refractivity contribution in [1.82, 2.24) is 10.2 Å². The molecule has 0 spiro atoms. The molecular formula is C13H24N2O2. The average Bonchev–Trinajstić information content (AvgIpc) is 3.01. The normalized spacial score (nSPS) is 20.5. The largest absolute Gasteiger partial charge is 0.379 e. The zero-order valence-electron chi connectivity index (χ0n) is 10.8. The number of rotatable bonds is 6. The Hall–Kier alpha value is -0.770. The number of carbonyl (C=O) groups is 1. The summed E-state index contributed by atoms with van der Waals surface area (Å²) < 4.78 is 5.53. The predicted molar refractivity (Wildman–Crippen MR) is 67.0 cm³/mol. The van der Waals surface area contributed by atoms with Gasteiger partial charge in [0.1, 0.15) is 0 Å².